The molecule has 1 aromatic carbocycles. The zero-order chi connectivity index (χ0) is 12.8. The number of piperidine rings is 1. The fraction of sp³-hybridized carbons (Fsp3) is 0.471. The fourth-order valence-corrected chi connectivity index (χ4v) is 4.00. The highest BCUT2D eigenvalue weighted by molar-refractivity contribution is 6.23. The van der Waals surface area contributed by atoms with E-state index < -0.39 is 0 Å². The Bertz CT molecular complexity index is 572. The molecule has 0 aromatic heterocycles. The summed E-state index contributed by atoms with van der Waals surface area (Å²) in [4.78, 5) is 15.1. The molecule has 1 aliphatic carbocycles. The van der Waals surface area contributed by atoms with Crippen LogP contribution in [0.25, 0.3) is 5.57 Å². The van der Waals surface area contributed by atoms with E-state index >= 15 is 0 Å². The fourth-order valence-electron chi connectivity index (χ4n) is 4.00. The molecule has 0 saturated carbocycles. The Balaban J connectivity index is 1.86. The molecule has 98 valence electrons. The van der Waals surface area contributed by atoms with E-state index in [0.29, 0.717) is 11.8 Å². The van der Waals surface area contributed by atoms with Gasteiger partial charge in [-0.1, -0.05) is 24.3 Å². The van der Waals surface area contributed by atoms with Crippen LogP contribution in [-0.2, 0) is 11.2 Å². The van der Waals surface area contributed by atoms with Gasteiger partial charge in [-0.05, 0) is 43.2 Å². The predicted molar refractivity (Wildman–Crippen MR) is 75.7 cm³/mol. The number of nitrogens with zero attached hydrogens (tertiary/aromatic N) is 1. The van der Waals surface area contributed by atoms with Gasteiger partial charge in [0, 0.05) is 30.3 Å². The second-order valence-corrected chi connectivity index (χ2v) is 5.95. The molecule has 0 spiro atoms. The van der Waals surface area contributed by atoms with Crippen LogP contribution in [0, 0.1) is 0 Å². The van der Waals surface area contributed by atoms with Crippen LogP contribution in [0.2, 0.25) is 0 Å². The van der Waals surface area contributed by atoms with Crippen molar-refractivity contribution < 1.29 is 4.79 Å². The van der Waals surface area contributed by atoms with Gasteiger partial charge >= 0.3 is 0 Å². The summed E-state index contributed by atoms with van der Waals surface area (Å²) in [6.07, 6.45) is 6.63. The van der Waals surface area contributed by atoms with E-state index in [4.69, 9.17) is 0 Å². The Morgan fingerprint density at radius 2 is 2.00 bits per heavy atom. The number of benzene rings is 1. The number of aryl methyl sites for hydroxylation is 1. The number of carbonyl (C=O) groups excluding carboxylic acids is 1. The number of allylic oxidation sites excluding steroid dienone is 2. The summed E-state index contributed by atoms with van der Waals surface area (Å²) < 4.78 is 0. The van der Waals surface area contributed by atoms with Crippen molar-refractivity contribution in [2.75, 3.05) is 6.54 Å². The average Bonchev–Trinajstić information content (AvgIpc) is 2.46. The van der Waals surface area contributed by atoms with Crippen molar-refractivity contribution in [2.45, 2.75) is 44.6 Å². The molecule has 0 N–H and O–H groups in total. The van der Waals surface area contributed by atoms with Crippen LogP contribution in [0.5, 0.6) is 0 Å². The van der Waals surface area contributed by atoms with Gasteiger partial charge in [0.05, 0.1) is 0 Å². The smallest absolute Gasteiger partial charge is 0.167 e. The van der Waals surface area contributed by atoms with Gasteiger partial charge in [0.1, 0.15) is 0 Å². The summed E-state index contributed by atoms with van der Waals surface area (Å²) in [7, 11) is 0. The minimum absolute atomic E-state index is 0.380. The first kappa shape index (κ1) is 11.3. The summed E-state index contributed by atoms with van der Waals surface area (Å²) >= 11 is 0. The molecule has 1 unspecified atom stereocenters. The molecule has 0 amide bonds. The molecule has 0 radical (unpaired) electrons. The Morgan fingerprint density at radius 3 is 2.95 bits per heavy atom. The van der Waals surface area contributed by atoms with E-state index in [9.17, 15) is 4.79 Å². The van der Waals surface area contributed by atoms with E-state index in [1.165, 1.54) is 36.1 Å². The number of hydrogen-bond donors (Lipinski definition) is 0. The van der Waals surface area contributed by atoms with E-state index in [1.807, 2.05) is 0 Å². The van der Waals surface area contributed by atoms with Crippen molar-refractivity contribution in [3.8, 4) is 0 Å². The average molecular weight is 253 g/mol. The van der Waals surface area contributed by atoms with Crippen molar-refractivity contribution in [1.29, 1.82) is 0 Å². The highest BCUT2D eigenvalue weighted by Crippen LogP contribution is 2.41. The Morgan fingerprint density at radius 1 is 1.11 bits per heavy atom. The van der Waals surface area contributed by atoms with Gasteiger partial charge in [-0.2, -0.15) is 0 Å². The Labute approximate surface area is 114 Å². The van der Waals surface area contributed by atoms with Crippen LogP contribution in [0.3, 0.4) is 0 Å². The van der Waals surface area contributed by atoms with Gasteiger partial charge in [-0.15, -0.1) is 0 Å². The van der Waals surface area contributed by atoms with Crippen molar-refractivity contribution in [3.63, 3.8) is 0 Å². The third kappa shape index (κ3) is 1.66. The maximum Gasteiger partial charge on any atom is 0.167 e. The lowest BCUT2D eigenvalue weighted by molar-refractivity contribution is -0.116. The number of rotatable bonds is 0. The Hall–Kier alpha value is -1.57. The summed E-state index contributed by atoms with van der Waals surface area (Å²) in [5.74, 6) is 0.380. The third-order valence-electron chi connectivity index (χ3n) is 4.88. The van der Waals surface area contributed by atoms with Crippen molar-refractivity contribution in [2.24, 2.45) is 0 Å². The highest BCUT2D eigenvalue weighted by Gasteiger charge is 2.37. The van der Waals surface area contributed by atoms with Gasteiger partial charge in [-0.25, -0.2) is 0 Å². The maximum absolute atomic E-state index is 12.6. The number of Topliss-reactive ketones (excluding diaryl/α,β-unsaturated/α-hetero) is 1. The van der Waals surface area contributed by atoms with Crippen LogP contribution in [0.15, 0.2) is 30.0 Å². The van der Waals surface area contributed by atoms with E-state index in [-0.39, 0.29) is 0 Å². The topological polar surface area (TPSA) is 20.3 Å². The minimum atomic E-state index is 0.380. The van der Waals surface area contributed by atoms with Crippen molar-refractivity contribution >= 4 is 11.4 Å². The zero-order valence-electron chi connectivity index (χ0n) is 11.2. The summed E-state index contributed by atoms with van der Waals surface area (Å²) in [5.41, 5.74) is 4.95. The SMILES string of the molecule is O=C1CC2CCCCN2C2=C1c1ccccc1CC2. The molecule has 2 heteroatoms. The van der Waals surface area contributed by atoms with Gasteiger partial charge in [0.15, 0.2) is 5.78 Å². The first-order chi connectivity index (χ1) is 9.34. The standard InChI is InChI=1S/C17H19NO/c19-16-11-13-6-3-4-10-18(13)15-9-8-12-5-1-2-7-14(12)17(15)16/h1-2,5,7,13H,3-4,6,8-11H2. The largest absolute Gasteiger partial charge is 0.371 e. The van der Waals surface area contributed by atoms with Crippen molar-refractivity contribution in [3.05, 3.63) is 41.1 Å². The number of ketones is 1. The third-order valence-corrected chi connectivity index (χ3v) is 4.88. The maximum atomic E-state index is 12.6. The molecule has 4 rings (SSSR count). The number of fused-ring (bicyclic) bond motifs is 4. The monoisotopic (exact) mass is 253 g/mol. The molecule has 3 aliphatic rings. The van der Waals surface area contributed by atoms with E-state index in [1.54, 1.807) is 0 Å². The van der Waals surface area contributed by atoms with Crippen LogP contribution in [-0.4, -0.2) is 23.3 Å². The second kappa shape index (κ2) is 4.22. The van der Waals surface area contributed by atoms with Gasteiger partial charge < -0.3 is 4.90 Å². The molecule has 1 aromatic rings. The number of hydrogen-bond acceptors (Lipinski definition) is 2. The van der Waals surface area contributed by atoms with Crippen LogP contribution in [0.4, 0.5) is 0 Å². The molecule has 1 saturated heterocycles. The van der Waals surface area contributed by atoms with Crippen LogP contribution < -0.4 is 0 Å². The van der Waals surface area contributed by atoms with Crippen molar-refractivity contribution in [1.82, 2.24) is 4.90 Å². The molecule has 2 nitrogen and oxygen atoms in total. The van der Waals surface area contributed by atoms with E-state index in [0.717, 1.165) is 31.4 Å². The molecule has 1 fully saturated rings. The molecule has 2 aliphatic heterocycles. The predicted octanol–water partition coefficient (Wildman–Crippen LogP) is 3.17. The Kier molecular flexibility index (Phi) is 2.51. The lowest BCUT2D eigenvalue weighted by atomic mass is 9.79. The normalized spacial score (nSPS) is 25.8. The van der Waals surface area contributed by atoms with Gasteiger partial charge in [0.2, 0.25) is 0 Å². The molecule has 1 atom stereocenters. The highest BCUT2D eigenvalue weighted by atomic mass is 16.1. The van der Waals surface area contributed by atoms with Gasteiger partial charge in [0.25, 0.3) is 0 Å². The first-order valence-corrected chi connectivity index (χ1v) is 7.46. The van der Waals surface area contributed by atoms with Crippen LogP contribution >= 0.6 is 0 Å². The van der Waals surface area contributed by atoms with Gasteiger partial charge in [-0.3, -0.25) is 4.79 Å². The quantitative estimate of drug-likeness (QED) is 0.708. The summed E-state index contributed by atoms with van der Waals surface area (Å²) in [6.45, 7) is 1.15. The molecular weight excluding hydrogens is 234 g/mol. The summed E-state index contributed by atoms with van der Waals surface area (Å²) in [6, 6.07) is 8.94. The first-order valence-electron chi connectivity index (χ1n) is 7.46. The minimum Gasteiger partial charge on any atom is -0.371 e. The summed E-state index contributed by atoms with van der Waals surface area (Å²) in [5, 5.41) is 0. The molecule has 2 heterocycles. The second-order valence-electron chi connectivity index (χ2n) is 5.95. The lowest BCUT2D eigenvalue weighted by Crippen LogP contribution is -2.45. The number of carbonyl (C=O) groups is 1. The molecule has 0 bridgehead atoms. The zero-order valence-corrected chi connectivity index (χ0v) is 11.2. The van der Waals surface area contributed by atoms with Crippen LogP contribution in [0.1, 0.15) is 43.2 Å². The van der Waals surface area contributed by atoms with E-state index in [2.05, 4.69) is 29.2 Å². The molecule has 19 heavy (non-hydrogen) atoms. The molecular formula is C17H19NO. The lowest BCUT2D eigenvalue weighted by Gasteiger charge is -2.44.